The van der Waals surface area contributed by atoms with Gasteiger partial charge in [-0.3, -0.25) is 9.08 Å². The molecule has 0 aliphatic carbocycles. The first kappa shape index (κ1) is 9.53. The highest BCUT2D eigenvalue weighted by Crippen LogP contribution is 2.19. The van der Waals surface area contributed by atoms with E-state index in [-0.39, 0.29) is 0 Å². The topological polar surface area (TPSA) is 48.0 Å². The average Bonchev–Trinajstić information content (AvgIpc) is 2.83. The van der Waals surface area contributed by atoms with Crippen molar-refractivity contribution in [2.75, 3.05) is 0 Å². The third kappa shape index (κ3) is 1.42. The van der Waals surface area contributed by atoms with Crippen molar-refractivity contribution in [2.24, 2.45) is 7.05 Å². The van der Waals surface area contributed by atoms with Crippen molar-refractivity contribution < 1.29 is 0 Å². The molecule has 6 heteroatoms. The summed E-state index contributed by atoms with van der Waals surface area (Å²) >= 11 is 3.43. The molecule has 0 aliphatic rings. The largest absolute Gasteiger partial charge is 0.281 e. The fourth-order valence-electron chi connectivity index (χ4n) is 1.60. The van der Waals surface area contributed by atoms with E-state index in [0.29, 0.717) is 0 Å². The summed E-state index contributed by atoms with van der Waals surface area (Å²) in [4.78, 5) is 0. The van der Waals surface area contributed by atoms with Gasteiger partial charge < -0.3 is 0 Å². The molecule has 0 spiro atoms. The highest BCUT2D eigenvalue weighted by Gasteiger charge is 2.09. The second kappa shape index (κ2) is 3.41. The summed E-state index contributed by atoms with van der Waals surface area (Å²) in [5.74, 6) is 0.796. The fraction of sp³-hybridized carbons (Fsp3) is 0.100. The Kier molecular flexibility index (Phi) is 2.03. The number of aromatic nitrogens is 5. The summed E-state index contributed by atoms with van der Waals surface area (Å²) in [6.07, 6.45) is 5.63. The molecule has 80 valence electrons. The minimum Gasteiger partial charge on any atom is -0.281 e. The second-order valence-electron chi connectivity index (χ2n) is 3.50. The minimum absolute atomic E-state index is 0.796. The second-order valence-corrected chi connectivity index (χ2v) is 4.42. The monoisotopic (exact) mass is 277 g/mol. The summed E-state index contributed by atoms with van der Waals surface area (Å²) in [7, 11) is 1.88. The number of aryl methyl sites for hydroxylation is 1. The number of halogens is 1. The zero-order valence-corrected chi connectivity index (χ0v) is 10.1. The van der Waals surface area contributed by atoms with Gasteiger partial charge in [-0.2, -0.15) is 5.10 Å². The molecule has 0 atom stereocenters. The van der Waals surface area contributed by atoms with Crippen molar-refractivity contribution in [3.63, 3.8) is 0 Å². The molecular weight excluding hydrogens is 270 g/mol. The van der Waals surface area contributed by atoms with Crippen LogP contribution in [0.25, 0.3) is 17.0 Å². The standard InChI is InChI=1S/C10H8BrN5/c1-15-5-7(4-12-15)10-14-13-9-3-2-8(11)6-16(9)10/h2-6H,1H3. The Morgan fingerprint density at radius 3 is 2.81 bits per heavy atom. The quantitative estimate of drug-likeness (QED) is 0.683. The first-order valence-corrected chi connectivity index (χ1v) is 5.52. The Bertz CT molecular complexity index is 654. The lowest BCUT2D eigenvalue weighted by molar-refractivity contribution is 0.768. The Labute approximate surface area is 99.9 Å². The molecule has 0 saturated carbocycles. The first-order chi connectivity index (χ1) is 7.74. The van der Waals surface area contributed by atoms with Crippen LogP contribution in [0.2, 0.25) is 0 Å². The van der Waals surface area contributed by atoms with Crippen LogP contribution < -0.4 is 0 Å². The van der Waals surface area contributed by atoms with Crippen molar-refractivity contribution in [3.8, 4) is 11.4 Å². The van der Waals surface area contributed by atoms with Crippen LogP contribution in [-0.2, 0) is 7.05 Å². The van der Waals surface area contributed by atoms with Crippen molar-refractivity contribution in [1.82, 2.24) is 24.4 Å². The normalized spacial score (nSPS) is 11.1. The van der Waals surface area contributed by atoms with Crippen LogP contribution in [0.5, 0.6) is 0 Å². The van der Waals surface area contributed by atoms with E-state index in [2.05, 4.69) is 31.2 Å². The Morgan fingerprint density at radius 1 is 1.19 bits per heavy atom. The van der Waals surface area contributed by atoms with Crippen LogP contribution in [-0.4, -0.2) is 24.4 Å². The first-order valence-electron chi connectivity index (χ1n) is 4.73. The van der Waals surface area contributed by atoms with Gasteiger partial charge in [-0.1, -0.05) is 0 Å². The molecule has 0 aromatic carbocycles. The molecular formula is C10H8BrN5. The van der Waals surface area contributed by atoms with Gasteiger partial charge in [0.2, 0.25) is 0 Å². The zero-order valence-electron chi connectivity index (χ0n) is 8.50. The number of hydrogen-bond acceptors (Lipinski definition) is 3. The van der Waals surface area contributed by atoms with Crippen molar-refractivity contribution >= 4 is 21.6 Å². The summed E-state index contributed by atoms with van der Waals surface area (Å²) in [6.45, 7) is 0. The molecule has 0 aliphatic heterocycles. The maximum atomic E-state index is 4.16. The van der Waals surface area contributed by atoms with Gasteiger partial charge in [-0.15, -0.1) is 10.2 Å². The lowest BCUT2D eigenvalue weighted by Crippen LogP contribution is -1.88. The lowest BCUT2D eigenvalue weighted by Gasteiger charge is -1.96. The van der Waals surface area contributed by atoms with Crippen LogP contribution >= 0.6 is 15.9 Å². The summed E-state index contributed by atoms with van der Waals surface area (Å²) in [6, 6.07) is 3.86. The van der Waals surface area contributed by atoms with Crippen LogP contribution in [0.4, 0.5) is 0 Å². The molecule has 0 unspecified atom stereocenters. The van der Waals surface area contributed by atoms with Gasteiger partial charge in [0.15, 0.2) is 11.5 Å². The Morgan fingerprint density at radius 2 is 2.06 bits per heavy atom. The van der Waals surface area contributed by atoms with Gasteiger partial charge in [-0.25, -0.2) is 0 Å². The average molecular weight is 278 g/mol. The molecule has 0 radical (unpaired) electrons. The number of fused-ring (bicyclic) bond motifs is 1. The molecule has 3 aromatic heterocycles. The van der Waals surface area contributed by atoms with E-state index >= 15 is 0 Å². The molecule has 0 N–H and O–H groups in total. The van der Waals surface area contributed by atoms with Crippen LogP contribution in [0.15, 0.2) is 35.2 Å². The van der Waals surface area contributed by atoms with E-state index in [1.54, 1.807) is 10.9 Å². The molecule has 3 heterocycles. The summed E-state index contributed by atoms with van der Waals surface area (Å²) in [5.41, 5.74) is 1.77. The van der Waals surface area contributed by atoms with E-state index in [1.165, 1.54) is 0 Å². The predicted octanol–water partition coefficient (Wildman–Crippen LogP) is 1.89. The fourth-order valence-corrected chi connectivity index (χ4v) is 1.94. The molecule has 0 fully saturated rings. The number of nitrogens with zero attached hydrogens (tertiary/aromatic N) is 5. The Balaban J connectivity index is 2.27. The molecule has 5 nitrogen and oxygen atoms in total. The molecule has 0 amide bonds. The van der Waals surface area contributed by atoms with Gasteiger partial charge in [0.1, 0.15) is 0 Å². The zero-order chi connectivity index (χ0) is 11.1. The van der Waals surface area contributed by atoms with Gasteiger partial charge in [-0.05, 0) is 28.1 Å². The van der Waals surface area contributed by atoms with Gasteiger partial charge in [0.25, 0.3) is 0 Å². The highest BCUT2D eigenvalue weighted by molar-refractivity contribution is 9.10. The van der Waals surface area contributed by atoms with Gasteiger partial charge in [0.05, 0.1) is 11.8 Å². The number of rotatable bonds is 1. The van der Waals surface area contributed by atoms with Crippen molar-refractivity contribution in [1.29, 1.82) is 0 Å². The predicted molar refractivity (Wildman–Crippen MR) is 62.9 cm³/mol. The number of hydrogen-bond donors (Lipinski definition) is 0. The number of pyridine rings is 1. The maximum absolute atomic E-state index is 4.16. The third-order valence-electron chi connectivity index (χ3n) is 2.33. The minimum atomic E-state index is 0.796. The smallest absolute Gasteiger partial charge is 0.171 e. The molecule has 16 heavy (non-hydrogen) atoms. The van der Waals surface area contributed by atoms with E-state index in [0.717, 1.165) is 21.5 Å². The van der Waals surface area contributed by atoms with Gasteiger partial charge >= 0.3 is 0 Å². The molecule has 0 bridgehead atoms. The van der Waals surface area contributed by atoms with E-state index in [1.807, 2.05) is 36.0 Å². The van der Waals surface area contributed by atoms with Gasteiger partial charge in [0, 0.05) is 23.9 Å². The van der Waals surface area contributed by atoms with Crippen LogP contribution in [0.3, 0.4) is 0 Å². The molecule has 3 aromatic rings. The van der Waals surface area contributed by atoms with E-state index in [9.17, 15) is 0 Å². The third-order valence-corrected chi connectivity index (χ3v) is 2.80. The molecule has 3 rings (SSSR count). The van der Waals surface area contributed by atoms with Crippen LogP contribution in [0.1, 0.15) is 0 Å². The van der Waals surface area contributed by atoms with E-state index in [4.69, 9.17) is 0 Å². The SMILES string of the molecule is Cn1cc(-c2nnc3ccc(Br)cn23)cn1. The van der Waals surface area contributed by atoms with Crippen molar-refractivity contribution in [3.05, 3.63) is 35.2 Å². The summed E-state index contributed by atoms with van der Waals surface area (Å²) < 4.78 is 4.67. The van der Waals surface area contributed by atoms with Crippen molar-refractivity contribution in [2.45, 2.75) is 0 Å². The van der Waals surface area contributed by atoms with E-state index < -0.39 is 0 Å². The molecule has 0 saturated heterocycles. The van der Waals surface area contributed by atoms with Crippen LogP contribution in [0, 0.1) is 0 Å². The Hall–Kier alpha value is -1.69. The summed E-state index contributed by atoms with van der Waals surface area (Å²) in [5, 5.41) is 12.4. The highest BCUT2D eigenvalue weighted by atomic mass is 79.9. The maximum Gasteiger partial charge on any atom is 0.171 e. The lowest BCUT2D eigenvalue weighted by atomic mass is 10.3.